The van der Waals surface area contributed by atoms with Crippen molar-refractivity contribution in [1.29, 1.82) is 0 Å². The van der Waals surface area contributed by atoms with Crippen molar-refractivity contribution in [3.8, 4) is 0 Å². The maximum absolute atomic E-state index is 13.4. The van der Waals surface area contributed by atoms with Crippen LogP contribution < -0.4 is 14.9 Å². The molecular formula is C23H23N3O3S. The van der Waals surface area contributed by atoms with Crippen molar-refractivity contribution in [3.63, 3.8) is 0 Å². The molecule has 0 N–H and O–H groups in total. The van der Waals surface area contributed by atoms with Crippen molar-refractivity contribution < 1.29 is 9.53 Å². The number of carbonyl (C=O) groups excluding carboxylic acids is 1. The molecule has 3 aromatic rings. The van der Waals surface area contributed by atoms with Crippen LogP contribution in [-0.4, -0.2) is 21.7 Å². The van der Waals surface area contributed by atoms with Gasteiger partial charge in [0.25, 0.3) is 5.56 Å². The average molecular weight is 422 g/mol. The van der Waals surface area contributed by atoms with E-state index in [2.05, 4.69) is 4.99 Å². The molecule has 0 radical (unpaired) electrons. The van der Waals surface area contributed by atoms with Crippen molar-refractivity contribution in [2.45, 2.75) is 26.8 Å². The van der Waals surface area contributed by atoms with E-state index in [9.17, 15) is 9.59 Å². The molecule has 1 aliphatic rings. The second-order valence-electron chi connectivity index (χ2n) is 7.26. The van der Waals surface area contributed by atoms with Gasteiger partial charge >= 0.3 is 5.97 Å². The lowest BCUT2D eigenvalue weighted by Crippen LogP contribution is -2.40. The fourth-order valence-corrected chi connectivity index (χ4v) is 4.65. The molecule has 1 atom stereocenters. The fraction of sp³-hybridized carbons (Fsp3) is 0.261. The highest BCUT2D eigenvalue weighted by Crippen LogP contribution is 2.30. The third kappa shape index (κ3) is 3.45. The number of ether oxygens (including phenoxy) is 1. The molecule has 0 bridgehead atoms. The van der Waals surface area contributed by atoms with E-state index in [1.165, 1.54) is 11.3 Å². The molecule has 0 saturated heterocycles. The molecule has 3 heterocycles. The van der Waals surface area contributed by atoms with E-state index < -0.39 is 12.0 Å². The summed E-state index contributed by atoms with van der Waals surface area (Å²) in [6.45, 7) is 5.82. The number of esters is 1. The number of aromatic nitrogens is 2. The van der Waals surface area contributed by atoms with Crippen LogP contribution in [-0.2, 0) is 16.6 Å². The largest absolute Gasteiger partial charge is 0.463 e. The first-order valence-electron chi connectivity index (χ1n) is 9.78. The van der Waals surface area contributed by atoms with Gasteiger partial charge in [-0.3, -0.25) is 9.36 Å². The summed E-state index contributed by atoms with van der Waals surface area (Å²) in [5.74, 6) is -0.443. The van der Waals surface area contributed by atoms with Gasteiger partial charge in [-0.1, -0.05) is 41.2 Å². The van der Waals surface area contributed by atoms with Crippen molar-refractivity contribution in [3.05, 3.63) is 90.4 Å². The Labute approximate surface area is 178 Å². The highest BCUT2D eigenvalue weighted by atomic mass is 32.1. The predicted molar refractivity (Wildman–Crippen MR) is 117 cm³/mol. The van der Waals surface area contributed by atoms with E-state index in [-0.39, 0.29) is 12.2 Å². The van der Waals surface area contributed by atoms with E-state index in [0.29, 0.717) is 20.6 Å². The monoisotopic (exact) mass is 421 g/mol. The Balaban J connectivity index is 1.97. The van der Waals surface area contributed by atoms with Gasteiger partial charge in [-0.15, -0.1) is 0 Å². The quantitative estimate of drug-likeness (QED) is 0.608. The molecule has 0 saturated carbocycles. The normalized spacial score (nSPS) is 16.4. The summed E-state index contributed by atoms with van der Waals surface area (Å²) in [6.07, 6.45) is 3.79. The third-order valence-electron chi connectivity index (χ3n) is 5.17. The van der Waals surface area contributed by atoms with Crippen LogP contribution in [0.4, 0.5) is 0 Å². The molecule has 0 amide bonds. The van der Waals surface area contributed by atoms with Crippen LogP contribution in [0.5, 0.6) is 0 Å². The van der Waals surface area contributed by atoms with E-state index in [1.807, 2.05) is 67.2 Å². The summed E-state index contributed by atoms with van der Waals surface area (Å²) in [5, 5.41) is 0. The number of carbonyl (C=O) groups is 1. The van der Waals surface area contributed by atoms with Gasteiger partial charge in [0.1, 0.15) is 0 Å². The zero-order valence-electron chi connectivity index (χ0n) is 17.4. The standard InChI is InChI=1S/C23H23N3O3S/c1-5-29-22(28)19-15(3)24-23-26(20(19)16-10-8-14(2)9-11-16)21(27)18(30-23)13-17-7-6-12-25(17)4/h6-13,20H,5H2,1-4H3/b18-13-/t20-/m1/s1. The van der Waals surface area contributed by atoms with Gasteiger partial charge in [-0.2, -0.15) is 0 Å². The van der Waals surface area contributed by atoms with Gasteiger partial charge < -0.3 is 9.30 Å². The van der Waals surface area contributed by atoms with E-state index >= 15 is 0 Å². The summed E-state index contributed by atoms with van der Waals surface area (Å²) in [6, 6.07) is 11.2. The second kappa shape index (κ2) is 7.91. The van der Waals surface area contributed by atoms with Gasteiger partial charge in [-0.25, -0.2) is 9.79 Å². The number of nitrogens with zero attached hydrogens (tertiary/aromatic N) is 3. The smallest absolute Gasteiger partial charge is 0.338 e. The van der Waals surface area contributed by atoms with Gasteiger partial charge in [0.05, 0.1) is 28.5 Å². The van der Waals surface area contributed by atoms with Gasteiger partial charge in [0.15, 0.2) is 4.80 Å². The molecule has 0 fully saturated rings. The minimum atomic E-state index is -0.573. The van der Waals surface area contributed by atoms with E-state index in [1.54, 1.807) is 18.4 Å². The molecule has 0 aliphatic carbocycles. The molecule has 1 aromatic carbocycles. The molecule has 7 heteroatoms. The van der Waals surface area contributed by atoms with Gasteiger partial charge in [0, 0.05) is 18.9 Å². The molecule has 4 rings (SSSR count). The summed E-state index contributed by atoms with van der Waals surface area (Å²) >= 11 is 1.33. The van der Waals surface area contributed by atoms with Crippen LogP contribution in [0.3, 0.4) is 0 Å². The number of rotatable bonds is 4. The van der Waals surface area contributed by atoms with E-state index in [0.717, 1.165) is 16.8 Å². The Hall–Kier alpha value is -3.19. The van der Waals surface area contributed by atoms with Gasteiger partial charge in [0.2, 0.25) is 0 Å². The first-order valence-corrected chi connectivity index (χ1v) is 10.6. The fourth-order valence-electron chi connectivity index (χ4n) is 3.61. The Morgan fingerprint density at radius 2 is 1.97 bits per heavy atom. The maximum atomic E-state index is 13.4. The molecule has 2 aromatic heterocycles. The number of benzene rings is 1. The van der Waals surface area contributed by atoms with Crippen molar-refractivity contribution in [2.75, 3.05) is 6.61 Å². The Bertz CT molecular complexity index is 1320. The molecule has 6 nitrogen and oxygen atoms in total. The predicted octanol–water partition coefficient (Wildman–Crippen LogP) is 2.45. The summed E-state index contributed by atoms with van der Waals surface area (Å²) in [4.78, 5) is 31.4. The minimum absolute atomic E-state index is 0.167. The lowest BCUT2D eigenvalue weighted by atomic mass is 9.95. The SMILES string of the molecule is CCOC(=O)C1=C(C)N=c2s/c(=C\c3cccn3C)c(=O)n2[C@@H]1c1ccc(C)cc1. The molecular weight excluding hydrogens is 398 g/mol. The first kappa shape index (κ1) is 20.1. The summed E-state index contributed by atoms with van der Waals surface area (Å²) in [7, 11) is 1.93. The highest BCUT2D eigenvalue weighted by molar-refractivity contribution is 7.07. The zero-order valence-corrected chi connectivity index (χ0v) is 18.2. The number of hydrogen-bond donors (Lipinski definition) is 0. The van der Waals surface area contributed by atoms with Crippen molar-refractivity contribution in [1.82, 2.24) is 9.13 Å². The molecule has 0 spiro atoms. The number of thiazole rings is 1. The number of aryl methyl sites for hydroxylation is 2. The minimum Gasteiger partial charge on any atom is -0.463 e. The van der Waals surface area contributed by atoms with Crippen LogP contribution in [0.15, 0.2) is 63.7 Å². The Kier molecular flexibility index (Phi) is 5.30. The first-order chi connectivity index (χ1) is 14.4. The lowest BCUT2D eigenvalue weighted by molar-refractivity contribution is -0.139. The second-order valence-corrected chi connectivity index (χ2v) is 8.27. The average Bonchev–Trinajstić information content (AvgIpc) is 3.25. The van der Waals surface area contributed by atoms with Crippen LogP contribution >= 0.6 is 11.3 Å². The maximum Gasteiger partial charge on any atom is 0.338 e. The molecule has 30 heavy (non-hydrogen) atoms. The third-order valence-corrected chi connectivity index (χ3v) is 6.16. The molecule has 0 unspecified atom stereocenters. The lowest BCUT2D eigenvalue weighted by Gasteiger charge is -2.24. The van der Waals surface area contributed by atoms with Crippen LogP contribution in [0, 0.1) is 6.92 Å². The van der Waals surface area contributed by atoms with E-state index in [4.69, 9.17) is 4.74 Å². The number of fused-ring (bicyclic) bond motifs is 1. The van der Waals surface area contributed by atoms with Gasteiger partial charge in [-0.05, 0) is 44.5 Å². The zero-order chi connectivity index (χ0) is 21.4. The molecule has 154 valence electrons. The number of hydrogen-bond acceptors (Lipinski definition) is 5. The Morgan fingerprint density at radius 3 is 2.60 bits per heavy atom. The Morgan fingerprint density at radius 1 is 1.23 bits per heavy atom. The summed E-state index contributed by atoms with van der Waals surface area (Å²) in [5.41, 5.74) is 3.69. The molecule has 1 aliphatic heterocycles. The van der Waals surface area contributed by atoms with Crippen LogP contribution in [0.1, 0.15) is 36.7 Å². The van der Waals surface area contributed by atoms with Crippen molar-refractivity contribution in [2.24, 2.45) is 12.0 Å². The van der Waals surface area contributed by atoms with Crippen molar-refractivity contribution >= 4 is 23.4 Å². The highest BCUT2D eigenvalue weighted by Gasteiger charge is 2.33. The summed E-state index contributed by atoms with van der Waals surface area (Å²) < 4.78 is 9.45. The van der Waals surface area contributed by atoms with Crippen LogP contribution in [0.2, 0.25) is 0 Å². The topological polar surface area (TPSA) is 65.6 Å². The van der Waals surface area contributed by atoms with Crippen LogP contribution in [0.25, 0.3) is 6.08 Å². The number of allylic oxidation sites excluding steroid dienone is 1.